The molecule has 0 radical (unpaired) electrons. The molecule has 2 heterocycles. The lowest BCUT2D eigenvalue weighted by atomic mass is 9.72. The van der Waals surface area contributed by atoms with Gasteiger partial charge in [-0.25, -0.2) is 4.79 Å². The zero-order chi connectivity index (χ0) is 13.9. The topological polar surface area (TPSA) is 57.6 Å². The van der Waals surface area contributed by atoms with E-state index in [-0.39, 0.29) is 23.3 Å². The van der Waals surface area contributed by atoms with Gasteiger partial charge in [0.25, 0.3) is 0 Å². The highest BCUT2D eigenvalue weighted by Crippen LogP contribution is 2.52. The molecule has 1 aromatic rings. The minimum Gasteiger partial charge on any atom is -0.465 e. The fraction of sp³-hybridized carbons (Fsp3) is 0.500. The van der Waals surface area contributed by atoms with Crippen molar-refractivity contribution in [2.45, 2.75) is 44.2 Å². The molecule has 2 saturated heterocycles. The van der Waals surface area contributed by atoms with Crippen LogP contribution in [-0.4, -0.2) is 34.0 Å². The maximum absolute atomic E-state index is 12.8. The van der Waals surface area contributed by atoms with Crippen molar-refractivity contribution in [2.24, 2.45) is 5.41 Å². The van der Waals surface area contributed by atoms with Crippen LogP contribution in [0.2, 0.25) is 0 Å². The van der Waals surface area contributed by atoms with Crippen LogP contribution in [0.15, 0.2) is 24.3 Å². The maximum Gasteiger partial charge on any atom is 0.407 e. The Balaban J connectivity index is 1.70. The van der Waals surface area contributed by atoms with Crippen LogP contribution in [0, 0.1) is 5.41 Å². The van der Waals surface area contributed by atoms with Gasteiger partial charge in [0.1, 0.15) is 0 Å². The summed E-state index contributed by atoms with van der Waals surface area (Å²) in [5, 5.41) is 9.33. The van der Waals surface area contributed by atoms with Gasteiger partial charge in [-0.1, -0.05) is 24.3 Å². The third-order valence-corrected chi connectivity index (χ3v) is 5.37. The summed E-state index contributed by atoms with van der Waals surface area (Å²) in [4.78, 5) is 25.8. The third-order valence-electron chi connectivity index (χ3n) is 5.37. The Kier molecular flexibility index (Phi) is 2.29. The lowest BCUT2D eigenvalue weighted by Crippen LogP contribution is -2.51. The lowest BCUT2D eigenvalue weighted by molar-refractivity contribution is 0.0392. The smallest absolute Gasteiger partial charge is 0.407 e. The molecule has 20 heavy (non-hydrogen) atoms. The van der Waals surface area contributed by atoms with Crippen molar-refractivity contribution in [2.75, 3.05) is 0 Å². The molecule has 2 bridgehead atoms. The zero-order valence-corrected chi connectivity index (χ0v) is 11.2. The number of amides is 1. The molecule has 1 aromatic carbocycles. The van der Waals surface area contributed by atoms with E-state index in [1.165, 1.54) is 0 Å². The van der Waals surface area contributed by atoms with Gasteiger partial charge in [0.15, 0.2) is 5.78 Å². The summed E-state index contributed by atoms with van der Waals surface area (Å²) < 4.78 is 0. The fourth-order valence-electron chi connectivity index (χ4n) is 4.62. The summed E-state index contributed by atoms with van der Waals surface area (Å²) in [6.07, 6.45) is 3.18. The number of Topliss-reactive ketones (excluding diaryl/α,β-unsaturated/α-hetero) is 1. The largest absolute Gasteiger partial charge is 0.465 e. The van der Waals surface area contributed by atoms with Gasteiger partial charge in [-0.05, 0) is 37.7 Å². The number of benzene rings is 1. The van der Waals surface area contributed by atoms with E-state index in [0.717, 1.165) is 30.4 Å². The molecule has 2 fully saturated rings. The number of carbonyl (C=O) groups excluding carboxylic acids is 1. The Morgan fingerprint density at radius 3 is 2.45 bits per heavy atom. The molecule has 1 aliphatic carbocycles. The molecule has 4 rings (SSSR count). The summed E-state index contributed by atoms with van der Waals surface area (Å²) >= 11 is 0. The number of fused-ring (bicyclic) bond motifs is 3. The minimum absolute atomic E-state index is 0.0320. The van der Waals surface area contributed by atoms with Gasteiger partial charge >= 0.3 is 6.09 Å². The predicted molar refractivity (Wildman–Crippen MR) is 72.8 cm³/mol. The van der Waals surface area contributed by atoms with E-state index in [4.69, 9.17) is 0 Å². The summed E-state index contributed by atoms with van der Waals surface area (Å²) in [5.74, 6) is 0.245. The highest BCUT2D eigenvalue weighted by Gasteiger charge is 2.55. The Morgan fingerprint density at radius 1 is 1.20 bits per heavy atom. The van der Waals surface area contributed by atoms with E-state index in [9.17, 15) is 14.7 Å². The second-order valence-corrected chi connectivity index (χ2v) is 6.43. The SMILES string of the molecule is O=C(O)N1[C@@H]2CC[C@H]1CC1(Cc3ccccc3C1=O)C2. The molecule has 4 heteroatoms. The van der Waals surface area contributed by atoms with Crippen LogP contribution in [0.3, 0.4) is 0 Å². The minimum atomic E-state index is -0.824. The molecular formula is C16H17NO3. The van der Waals surface area contributed by atoms with Crippen molar-refractivity contribution >= 4 is 11.9 Å². The van der Waals surface area contributed by atoms with Crippen LogP contribution in [0.5, 0.6) is 0 Å². The quantitative estimate of drug-likeness (QED) is 0.789. The molecule has 104 valence electrons. The molecule has 4 nitrogen and oxygen atoms in total. The van der Waals surface area contributed by atoms with Crippen LogP contribution < -0.4 is 0 Å². The number of hydrogen-bond acceptors (Lipinski definition) is 2. The van der Waals surface area contributed by atoms with Crippen molar-refractivity contribution in [3.8, 4) is 0 Å². The van der Waals surface area contributed by atoms with Crippen LogP contribution in [0.4, 0.5) is 4.79 Å². The van der Waals surface area contributed by atoms with Gasteiger partial charge < -0.3 is 10.0 Å². The van der Waals surface area contributed by atoms with Gasteiger partial charge in [0, 0.05) is 23.1 Å². The van der Waals surface area contributed by atoms with Crippen LogP contribution in [0.1, 0.15) is 41.6 Å². The molecule has 1 amide bonds. The highest BCUT2D eigenvalue weighted by molar-refractivity contribution is 6.05. The van der Waals surface area contributed by atoms with Crippen molar-refractivity contribution < 1.29 is 14.7 Å². The first-order chi connectivity index (χ1) is 9.61. The fourth-order valence-corrected chi connectivity index (χ4v) is 4.62. The van der Waals surface area contributed by atoms with Crippen LogP contribution >= 0.6 is 0 Å². The second-order valence-electron chi connectivity index (χ2n) is 6.43. The number of hydrogen-bond donors (Lipinski definition) is 1. The summed E-state index contributed by atoms with van der Waals surface area (Å²) in [6, 6.07) is 7.91. The van der Waals surface area contributed by atoms with Crippen LogP contribution in [-0.2, 0) is 6.42 Å². The van der Waals surface area contributed by atoms with E-state index in [1.54, 1.807) is 4.90 Å². The monoisotopic (exact) mass is 271 g/mol. The molecule has 2 aliphatic heterocycles. The Labute approximate surface area is 117 Å². The number of carbonyl (C=O) groups is 2. The first-order valence-corrected chi connectivity index (χ1v) is 7.25. The maximum atomic E-state index is 12.8. The Hall–Kier alpha value is -1.84. The van der Waals surface area contributed by atoms with Crippen molar-refractivity contribution in [3.63, 3.8) is 0 Å². The Morgan fingerprint density at radius 2 is 1.85 bits per heavy atom. The van der Waals surface area contributed by atoms with Crippen molar-refractivity contribution in [3.05, 3.63) is 35.4 Å². The second kappa shape index (κ2) is 3.84. The lowest BCUT2D eigenvalue weighted by Gasteiger charge is -2.42. The number of carboxylic acid groups (broad SMARTS) is 1. The summed E-state index contributed by atoms with van der Waals surface area (Å²) in [6.45, 7) is 0. The van der Waals surface area contributed by atoms with E-state index in [0.29, 0.717) is 12.8 Å². The summed E-state index contributed by atoms with van der Waals surface area (Å²) in [5.41, 5.74) is 1.66. The van der Waals surface area contributed by atoms with Crippen molar-refractivity contribution in [1.29, 1.82) is 0 Å². The molecular weight excluding hydrogens is 254 g/mol. The number of nitrogens with zero attached hydrogens (tertiary/aromatic N) is 1. The number of rotatable bonds is 0. The van der Waals surface area contributed by atoms with E-state index in [2.05, 4.69) is 0 Å². The predicted octanol–water partition coefficient (Wildman–Crippen LogP) is 2.72. The highest BCUT2D eigenvalue weighted by atomic mass is 16.4. The van der Waals surface area contributed by atoms with Crippen LogP contribution in [0.25, 0.3) is 0 Å². The Bertz CT molecular complexity index is 595. The number of ketones is 1. The molecule has 3 atom stereocenters. The molecule has 0 aromatic heterocycles. The third kappa shape index (κ3) is 1.42. The van der Waals surface area contributed by atoms with Gasteiger partial charge in [-0.3, -0.25) is 4.79 Å². The van der Waals surface area contributed by atoms with Gasteiger partial charge in [-0.2, -0.15) is 0 Å². The first kappa shape index (κ1) is 11.9. The summed E-state index contributed by atoms with van der Waals surface area (Å²) in [7, 11) is 0. The standard InChI is InChI=1S/C16H17NO3/c18-14-13-4-2-1-3-10(13)7-16(14)8-11-5-6-12(9-16)17(11)15(19)20/h1-4,11-12H,5-9H2,(H,19,20)/t11-,12+,16?. The average molecular weight is 271 g/mol. The van der Waals surface area contributed by atoms with Gasteiger partial charge in [-0.15, -0.1) is 0 Å². The number of piperidine rings is 1. The van der Waals surface area contributed by atoms with Gasteiger partial charge in [0.05, 0.1) is 0 Å². The normalized spacial score (nSPS) is 34.6. The van der Waals surface area contributed by atoms with Crippen molar-refractivity contribution in [1.82, 2.24) is 4.90 Å². The molecule has 0 saturated carbocycles. The molecule has 1 N–H and O–H groups in total. The zero-order valence-electron chi connectivity index (χ0n) is 11.2. The molecule has 1 spiro atoms. The van der Waals surface area contributed by atoms with Gasteiger partial charge in [0.2, 0.25) is 0 Å². The first-order valence-electron chi connectivity index (χ1n) is 7.25. The van der Waals surface area contributed by atoms with E-state index in [1.807, 2.05) is 24.3 Å². The average Bonchev–Trinajstić information content (AvgIpc) is 2.85. The van der Waals surface area contributed by atoms with E-state index < -0.39 is 6.09 Å². The molecule has 1 unspecified atom stereocenters. The van der Waals surface area contributed by atoms with E-state index >= 15 is 0 Å². The molecule has 3 aliphatic rings.